The van der Waals surface area contributed by atoms with Crippen molar-refractivity contribution in [2.75, 3.05) is 49.6 Å². The number of piperidine rings is 1. The van der Waals surface area contributed by atoms with Gasteiger partial charge in [-0.05, 0) is 43.5 Å². The fourth-order valence-corrected chi connectivity index (χ4v) is 3.67. The van der Waals surface area contributed by atoms with Gasteiger partial charge in [-0.2, -0.15) is 0 Å². The van der Waals surface area contributed by atoms with E-state index in [9.17, 15) is 4.79 Å². The molecule has 6 heteroatoms. The Bertz CT molecular complexity index is 766. The Morgan fingerprint density at radius 2 is 1.74 bits per heavy atom. The second kappa shape index (κ2) is 8.39. The van der Waals surface area contributed by atoms with Gasteiger partial charge in [-0.15, -0.1) is 0 Å². The molecule has 142 valence electrons. The molecule has 6 nitrogen and oxygen atoms in total. The van der Waals surface area contributed by atoms with Crippen LogP contribution in [-0.4, -0.2) is 55.2 Å². The first-order valence-electron chi connectivity index (χ1n) is 9.75. The lowest BCUT2D eigenvalue weighted by molar-refractivity contribution is 0.0724. The number of carbonyl (C=O) groups excluding carboxylic acids is 1. The summed E-state index contributed by atoms with van der Waals surface area (Å²) in [7, 11) is 0. The van der Waals surface area contributed by atoms with Gasteiger partial charge in [0.25, 0.3) is 5.91 Å². The topological polar surface area (TPSA) is 57.7 Å². The Morgan fingerprint density at radius 1 is 0.963 bits per heavy atom. The van der Waals surface area contributed by atoms with Crippen molar-refractivity contribution in [1.29, 1.82) is 0 Å². The number of anilines is 3. The number of para-hydroxylation sites is 2. The minimum absolute atomic E-state index is 0.0856. The van der Waals surface area contributed by atoms with Crippen molar-refractivity contribution in [3.05, 3.63) is 48.2 Å². The lowest BCUT2D eigenvalue weighted by Crippen LogP contribution is -2.36. The molecule has 27 heavy (non-hydrogen) atoms. The minimum Gasteiger partial charge on any atom is -0.378 e. The van der Waals surface area contributed by atoms with Gasteiger partial charge in [0, 0.05) is 32.4 Å². The number of pyridine rings is 1. The van der Waals surface area contributed by atoms with Crippen molar-refractivity contribution >= 4 is 23.1 Å². The average molecular weight is 366 g/mol. The van der Waals surface area contributed by atoms with Crippen molar-refractivity contribution in [3.63, 3.8) is 0 Å². The first-order valence-corrected chi connectivity index (χ1v) is 9.75. The fraction of sp³-hybridized carbons (Fsp3) is 0.429. The Hall–Kier alpha value is -2.60. The Kier molecular flexibility index (Phi) is 5.53. The molecule has 3 heterocycles. The largest absolute Gasteiger partial charge is 0.378 e. The van der Waals surface area contributed by atoms with Gasteiger partial charge in [0.15, 0.2) is 0 Å². The second-order valence-electron chi connectivity index (χ2n) is 7.03. The molecular weight excluding hydrogens is 340 g/mol. The molecule has 2 aliphatic heterocycles. The van der Waals surface area contributed by atoms with Crippen LogP contribution in [0.4, 0.5) is 17.2 Å². The highest BCUT2D eigenvalue weighted by Gasteiger charge is 2.19. The van der Waals surface area contributed by atoms with Gasteiger partial charge in [0.1, 0.15) is 5.82 Å². The number of carbonyl (C=O) groups is 1. The molecule has 1 amide bonds. The smallest absolute Gasteiger partial charge is 0.255 e. The molecule has 0 aliphatic carbocycles. The first-order chi connectivity index (χ1) is 13.3. The standard InChI is InChI=1S/C21H26N4O2/c26-21(25-10-4-1-5-11-25)17-8-9-20(22-16-17)23-18-6-2-3-7-19(18)24-12-14-27-15-13-24/h2-3,6-9,16H,1,4-5,10-15H2,(H,22,23). The zero-order valence-electron chi connectivity index (χ0n) is 15.6. The van der Waals surface area contributed by atoms with Gasteiger partial charge in [-0.25, -0.2) is 4.98 Å². The van der Waals surface area contributed by atoms with Crippen LogP contribution in [0.5, 0.6) is 0 Å². The highest BCUT2D eigenvalue weighted by Crippen LogP contribution is 2.28. The number of ether oxygens (including phenoxy) is 1. The zero-order chi connectivity index (χ0) is 18.5. The number of likely N-dealkylation sites (tertiary alicyclic amines) is 1. The van der Waals surface area contributed by atoms with E-state index in [2.05, 4.69) is 27.3 Å². The van der Waals surface area contributed by atoms with Crippen molar-refractivity contribution in [2.45, 2.75) is 19.3 Å². The third-order valence-electron chi connectivity index (χ3n) is 5.17. The molecule has 0 unspecified atom stereocenters. The predicted molar refractivity (Wildman–Crippen MR) is 107 cm³/mol. The third-order valence-corrected chi connectivity index (χ3v) is 5.17. The van der Waals surface area contributed by atoms with Gasteiger partial charge in [0.2, 0.25) is 0 Å². The van der Waals surface area contributed by atoms with Crippen LogP contribution in [0.2, 0.25) is 0 Å². The SMILES string of the molecule is O=C(c1ccc(Nc2ccccc2N2CCOCC2)nc1)N1CCCCC1. The molecule has 0 atom stereocenters. The summed E-state index contributed by atoms with van der Waals surface area (Å²) in [6.45, 7) is 4.97. The van der Waals surface area contributed by atoms with E-state index in [0.29, 0.717) is 5.56 Å². The number of hydrogen-bond donors (Lipinski definition) is 1. The normalized spacial score (nSPS) is 17.6. The van der Waals surface area contributed by atoms with E-state index in [-0.39, 0.29) is 5.91 Å². The van der Waals surface area contributed by atoms with E-state index < -0.39 is 0 Å². The Labute approximate surface area is 160 Å². The fourth-order valence-electron chi connectivity index (χ4n) is 3.67. The molecule has 0 spiro atoms. The summed E-state index contributed by atoms with van der Waals surface area (Å²) >= 11 is 0. The van der Waals surface area contributed by atoms with Crippen LogP contribution in [0.15, 0.2) is 42.6 Å². The lowest BCUT2D eigenvalue weighted by Gasteiger charge is -2.30. The molecule has 2 fully saturated rings. The molecule has 1 aromatic heterocycles. The molecule has 1 N–H and O–H groups in total. The van der Waals surface area contributed by atoms with Gasteiger partial charge >= 0.3 is 0 Å². The molecule has 4 rings (SSSR count). The van der Waals surface area contributed by atoms with Gasteiger partial charge in [-0.3, -0.25) is 4.79 Å². The highest BCUT2D eigenvalue weighted by atomic mass is 16.5. The second-order valence-corrected chi connectivity index (χ2v) is 7.03. The Morgan fingerprint density at radius 3 is 2.48 bits per heavy atom. The summed E-state index contributed by atoms with van der Waals surface area (Å²) < 4.78 is 5.45. The van der Waals surface area contributed by atoms with Crippen LogP contribution < -0.4 is 10.2 Å². The molecular formula is C21H26N4O2. The van der Waals surface area contributed by atoms with Crippen molar-refractivity contribution < 1.29 is 9.53 Å². The summed E-state index contributed by atoms with van der Waals surface area (Å²) in [4.78, 5) is 21.3. The van der Waals surface area contributed by atoms with Gasteiger partial charge in [-0.1, -0.05) is 12.1 Å². The zero-order valence-corrected chi connectivity index (χ0v) is 15.6. The van der Waals surface area contributed by atoms with E-state index in [4.69, 9.17) is 4.74 Å². The maximum Gasteiger partial charge on any atom is 0.255 e. The number of aromatic nitrogens is 1. The number of morpholine rings is 1. The van der Waals surface area contributed by atoms with Gasteiger partial charge in [0.05, 0.1) is 30.2 Å². The van der Waals surface area contributed by atoms with Crippen LogP contribution >= 0.6 is 0 Å². The number of benzene rings is 1. The molecule has 2 aliphatic rings. The predicted octanol–water partition coefficient (Wildman–Crippen LogP) is 3.29. The summed E-state index contributed by atoms with van der Waals surface area (Å²) in [5, 5.41) is 3.40. The monoisotopic (exact) mass is 366 g/mol. The summed E-state index contributed by atoms with van der Waals surface area (Å²) in [6, 6.07) is 12.0. The van der Waals surface area contributed by atoms with Crippen LogP contribution in [-0.2, 0) is 4.74 Å². The molecule has 1 aromatic carbocycles. The highest BCUT2D eigenvalue weighted by molar-refractivity contribution is 5.94. The summed E-state index contributed by atoms with van der Waals surface area (Å²) in [5.41, 5.74) is 2.82. The quantitative estimate of drug-likeness (QED) is 0.900. The van der Waals surface area contributed by atoms with Crippen LogP contribution in [0.25, 0.3) is 0 Å². The maximum atomic E-state index is 12.6. The van der Waals surface area contributed by atoms with Crippen LogP contribution in [0.1, 0.15) is 29.6 Å². The van der Waals surface area contributed by atoms with E-state index in [1.165, 1.54) is 6.42 Å². The minimum atomic E-state index is 0.0856. The van der Waals surface area contributed by atoms with E-state index in [0.717, 1.165) is 69.4 Å². The molecule has 2 saturated heterocycles. The number of amides is 1. The summed E-state index contributed by atoms with van der Waals surface area (Å²) in [6.07, 6.45) is 5.08. The van der Waals surface area contributed by atoms with Crippen molar-refractivity contribution in [3.8, 4) is 0 Å². The number of hydrogen-bond acceptors (Lipinski definition) is 5. The third kappa shape index (κ3) is 4.22. The van der Waals surface area contributed by atoms with E-state index >= 15 is 0 Å². The number of rotatable bonds is 4. The average Bonchev–Trinajstić information content (AvgIpc) is 2.75. The van der Waals surface area contributed by atoms with E-state index in [1.54, 1.807) is 6.20 Å². The molecule has 2 aromatic rings. The van der Waals surface area contributed by atoms with Crippen molar-refractivity contribution in [1.82, 2.24) is 9.88 Å². The van der Waals surface area contributed by atoms with Crippen molar-refractivity contribution in [2.24, 2.45) is 0 Å². The molecule has 0 bridgehead atoms. The lowest BCUT2D eigenvalue weighted by atomic mass is 10.1. The van der Waals surface area contributed by atoms with Crippen LogP contribution in [0.3, 0.4) is 0 Å². The molecule has 0 radical (unpaired) electrons. The maximum absolute atomic E-state index is 12.6. The Balaban J connectivity index is 1.46. The van der Waals surface area contributed by atoms with Gasteiger partial charge < -0.3 is 19.9 Å². The number of nitrogens with zero attached hydrogens (tertiary/aromatic N) is 3. The van der Waals surface area contributed by atoms with E-state index in [1.807, 2.05) is 29.2 Å². The van der Waals surface area contributed by atoms with Crippen LogP contribution in [0, 0.1) is 0 Å². The summed E-state index contributed by atoms with van der Waals surface area (Å²) in [5.74, 6) is 0.827. The number of nitrogens with one attached hydrogen (secondary N) is 1. The molecule has 0 saturated carbocycles. The first kappa shape index (κ1) is 17.8.